The molecule has 0 unspecified atom stereocenters. The molecule has 2 aromatic rings. The Bertz CT molecular complexity index is 880. The van der Waals surface area contributed by atoms with Gasteiger partial charge in [0.1, 0.15) is 5.82 Å². The predicted molar refractivity (Wildman–Crippen MR) is 101 cm³/mol. The van der Waals surface area contributed by atoms with E-state index in [1.165, 1.54) is 42.5 Å². The highest BCUT2D eigenvalue weighted by molar-refractivity contribution is 5.94. The van der Waals surface area contributed by atoms with Gasteiger partial charge in [0, 0.05) is 42.5 Å². The van der Waals surface area contributed by atoms with E-state index in [2.05, 4.69) is 10.6 Å². The summed E-state index contributed by atoms with van der Waals surface area (Å²) in [4.78, 5) is 36.4. The normalized spacial score (nSPS) is 14.4. The van der Waals surface area contributed by atoms with Crippen molar-refractivity contribution in [3.05, 3.63) is 70.0 Å². The zero-order chi connectivity index (χ0) is 20.1. The number of nitro groups is 1. The van der Waals surface area contributed by atoms with Crippen molar-refractivity contribution in [2.24, 2.45) is 0 Å². The van der Waals surface area contributed by atoms with E-state index in [1.54, 1.807) is 11.0 Å². The lowest BCUT2D eigenvalue weighted by Crippen LogP contribution is -2.47. The molecule has 1 fully saturated rings. The molecule has 1 aliphatic heterocycles. The van der Waals surface area contributed by atoms with Crippen LogP contribution in [0.5, 0.6) is 0 Å². The van der Waals surface area contributed by atoms with Gasteiger partial charge in [0.05, 0.1) is 4.92 Å². The molecular weight excluding hydrogens is 367 g/mol. The fourth-order valence-corrected chi connectivity index (χ4v) is 3.00. The lowest BCUT2D eigenvalue weighted by Gasteiger charge is -2.32. The third-order valence-electron chi connectivity index (χ3n) is 4.53. The van der Waals surface area contributed by atoms with Crippen LogP contribution in [0.15, 0.2) is 48.5 Å². The van der Waals surface area contributed by atoms with E-state index >= 15 is 0 Å². The van der Waals surface area contributed by atoms with Crippen molar-refractivity contribution in [3.8, 4) is 0 Å². The number of piperidine rings is 1. The average molecular weight is 386 g/mol. The third kappa shape index (κ3) is 4.81. The SMILES string of the molecule is O=C(NC1CCN(C(=O)Nc2cccc([N+](=O)[O-])c2)CC1)c1ccc(F)cc1. The molecule has 0 saturated carbocycles. The van der Waals surface area contributed by atoms with Crippen molar-refractivity contribution in [2.45, 2.75) is 18.9 Å². The Morgan fingerprint density at radius 1 is 1.11 bits per heavy atom. The largest absolute Gasteiger partial charge is 0.349 e. The number of anilines is 1. The molecule has 3 rings (SSSR count). The zero-order valence-corrected chi connectivity index (χ0v) is 14.9. The minimum atomic E-state index is -0.523. The first kappa shape index (κ1) is 19.3. The first-order chi connectivity index (χ1) is 13.4. The Kier molecular flexibility index (Phi) is 5.83. The van der Waals surface area contributed by atoms with Crippen molar-refractivity contribution < 1.29 is 18.9 Å². The maximum atomic E-state index is 12.9. The third-order valence-corrected chi connectivity index (χ3v) is 4.53. The topological polar surface area (TPSA) is 105 Å². The number of benzene rings is 2. The van der Waals surface area contributed by atoms with Gasteiger partial charge in [-0.15, -0.1) is 0 Å². The number of likely N-dealkylation sites (tertiary alicyclic amines) is 1. The number of carbonyl (C=O) groups excluding carboxylic acids is 2. The zero-order valence-electron chi connectivity index (χ0n) is 14.9. The Morgan fingerprint density at radius 2 is 1.79 bits per heavy atom. The summed E-state index contributed by atoms with van der Waals surface area (Å²) in [6.45, 7) is 0.879. The second kappa shape index (κ2) is 8.47. The molecule has 0 radical (unpaired) electrons. The summed E-state index contributed by atoms with van der Waals surface area (Å²) in [6.07, 6.45) is 1.16. The number of hydrogen-bond donors (Lipinski definition) is 2. The standard InChI is InChI=1S/C19H19FN4O4/c20-14-6-4-13(5-7-14)18(25)21-15-8-10-23(11-9-15)19(26)22-16-2-1-3-17(12-16)24(27)28/h1-7,12,15H,8-11H2,(H,21,25)(H,22,26). The fourth-order valence-electron chi connectivity index (χ4n) is 3.00. The van der Waals surface area contributed by atoms with Gasteiger partial charge in [-0.2, -0.15) is 0 Å². The van der Waals surface area contributed by atoms with Crippen LogP contribution in [0.4, 0.5) is 20.6 Å². The second-order valence-corrected chi connectivity index (χ2v) is 6.48. The molecule has 28 heavy (non-hydrogen) atoms. The van der Waals surface area contributed by atoms with E-state index in [4.69, 9.17) is 0 Å². The van der Waals surface area contributed by atoms with E-state index in [-0.39, 0.29) is 23.7 Å². The predicted octanol–water partition coefficient (Wildman–Crippen LogP) is 3.16. The monoisotopic (exact) mass is 386 g/mol. The summed E-state index contributed by atoms with van der Waals surface area (Å²) in [7, 11) is 0. The quantitative estimate of drug-likeness (QED) is 0.622. The molecule has 0 spiro atoms. The molecule has 8 nitrogen and oxygen atoms in total. The molecule has 9 heteroatoms. The molecule has 0 aliphatic carbocycles. The Hall–Kier alpha value is -3.49. The Labute approximate surface area is 160 Å². The summed E-state index contributed by atoms with van der Waals surface area (Å²) in [5.41, 5.74) is 0.637. The molecule has 0 atom stereocenters. The summed E-state index contributed by atoms with van der Waals surface area (Å²) >= 11 is 0. The number of nitro benzene ring substituents is 1. The van der Waals surface area contributed by atoms with E-state index in [1.807, 2.05) is 0 Å². The second-order valence-electron chi connectivity index (χ2n) is 6.48. The summed E-state index contributed by atoms with van der Waals surface area (Å²) in [5, 5.41) is 16.4. The molecule has 146 valence electrons. The highest BCUT2D eigenvalue weighted by Crippen LogP contribution is 2.18. The van der Waals surface area contributed by atoms with Crippen LogP contribution < -0.4 is 10.6 Å². The number of nitrogens with zero attached hydrogens (tertiary/aromatic N) is 2. The van der Waals surface area contributed by atoms with Crippen LogP contribution in [0, 0.1) is 15.9 Å². The minimum Gasteiger partial charge on any atom is -0.349 e. The Morgan fingerprint density at radius 3 is 2.43 bits per heavy atom. The van der Waals surface area contributed by atoms with Crippen molar-refractivity contribution in [1.82, 2.24) is 10.2 Å². The number of amides is 3. The number of nitrogens with one attached hydrogen (secondary N) is 2. The van der Waals surface area contributed by atoms with E-state index in [0.29, 0.717) is 37.2 Å². The maximum Gasteiger partial charge on any atom is 0.321 e. The number of hydrogen-bond acceptors (Lipinski definition) is 4. The van der Waals surface area contributed by atoms with Gasteiger partial charge in [-0.3, -0.25) is 14.9 Å². The lowest BCUT2D eigenvalue weighted by atomic mass is 10.0. The molecule has 2 N–H and O–H groups in total. The first-order valence-electron chi connectivity index (χ1n) is 8.79. The van der Waals surface area contributed by atoms with Gasteiger partial charge in [-0.1, -0.05) is 6.07 Å². The number of halogens is 1. The minimum absolute atomic E-state index is 0.0839. The van der Waals surface area contributed by atoms with E-state index in [9.17, 15) is 24.1 Å². The van der Waals surface area contributed by atoms with Crippen LogP contribution in [0.25, 0.3) is 0 Å². The van der Waals surface area contributed by atoms with Gasteiger partial charge in [-0.25, -0.2) is 9.18 Å². The maximum absolute atomic E-state index is 12.9. The van der Waals surface area contributed by atoms with Gasteiger partial charge in [-0.05, 0) is 43.2 Å². The number of rotatable bonds is 4. The molecule has 1 heterocycles. The smallest absolute Gasteiger partial charge is 0.321 e. The van der Waals surface area contributed by atoms with Crippen LogP contribution >= 0.6 is 0 Å². The number of non-ortho nitro benzene ring substituents is 1. The summed E-state index contributed by atoms with van der Waals surface area (Å²) in [6, 6.07) is 10.6. The molecule has 0 aromatic heterocycles. The number of carbonyl (C=O) groups is 2. The van der Waals surface area contributed by atoms with Crippen molar-refractivity contribution in [2.75, 3.05) is 18.4 Å². The molecular formula is C19H19FN4O4. The molecule has 2 aromatic carbocycles. The van der Waals surface area contributed by atoms with Crippen LogP contribution in [0.3, 0.4) is 0 Å². The van der Waals surface area contributed by atoms with E-state index in [0.717, 1.165) is 0 Å². The van der Waals surface area contributed by atoms with Crippen LogP contribution in [-0.4, -0.2) is 40.9 Å². The van der Waals surface area contributed by atoms with Crippen LogP contribution in [-0.2, 0) is 0 Å². The fraction of sp³-hybridized carbons (Fsp3) is 0.263. The molecule has 1 saturated heterocycles. The van der Waals surface area contributed by atoms with E-state index < -0.39 is 10.7 Å². The van der Waals surface area contributed by atoms with Crippen molar-refractivity contribution in [3.63, 3.8) is 0 Å². The van der Waals surface area contributed by atoms with Crippen molar-refractivity contribution >= 4 is 23.3 Å². The Balaban J connectivity index is 1.50. The van der Waals surface area contributed by atoms with Crippen LogP contribution in [0.1, 0.15) is 23.2 Å². The summed E-state index contributed by atoms with van der Waals surface area (Å²) in [5.74, 6) is -0.681. The van der Waals surface area contributed by atoms with Gasteiger partial charge >= 0.3 is 6.03 Å². The van der Waals surface area contributed by atoms with Crippen LogP contribution in [0.2, 0.25) is 0 Å². The molecule has 1 aliphatic rings. The van der Waals surface area contributed by atoms with Gasteiger partial charge in [0.2, 0.25) is 0 Å². The highest BCUT2D eigenvalue weighted by Gasteiger charge is 2.24. The van der Waals surface area contributed by atoms with Crippen molar-refractivity contribution in [1.29, 1.82) is 0 Å². The summed E-state index contributed by atoms with van der Waals surface area (Å²) < 4.78 is 12.9. The van der Waals surface area contributed by atoms with Gasteiger partial charge in [0.25, 0.3) is 11.6 Å². The first-order valence-corrected chi connectivity index (χ1v) is 8.79. The van der Waals surface area contributed by atoms with Gasteiger partial charge in [0.15, 0.2) is 0 Å². The molecule has 0 bridgehead atoms. The number of urea groups is 1. The lowest BCUT2D eigenvalue weighted by molar-refractivity contribution is -0.384. The highest BCUT2D eigenvalue weighted by atomic mass is 19.1. The van der Waals surface area contributed by atoms with Gasteiger partial charge < -0.3 is 15.5 Å². The molecule has 3 amide bonds. The average Bonchev–Trinajstić information content (AvgIpc) is 2.69.